The van der Waals surface area contributed by atoms with Crippen molar-refractivity contribution < 1.29 is 9.05 Å². The van der Waals surface area contributed by atoms with Crippen LogP contribution in [0, 0.1) is 17.8 Å². The number of benzene rings is 2. The number of hydrogen-bond acceptors (Lipinski definition) is 2. The zero-order chi connectivity index (χ0) is 18.4. The lowest BCUT2D eigenvalue weighted by atomic mass is 9.75. The van der Waals surface area contributed by atoms with Crippen LogP contribution >= 0.6 is 8.38 Å². The van der Waals surface area contributed by atoms with Crippen LogP contribution in [0.2, 0.25) is 0 Å². The molecule has 1 saturated carbocycles. The molecule has 2 aromatic carbocycles. The Balaban J connectivity index is 1.74. The molecule has 0 spiro atoms. The molecule has 4 unspecified atom stereocenters. The van der Waals surface area contributed by atoms with Gasteiger partial charge in [-0.25, -0.2) is 0 Å². The molecule has 2 aromatic rings. The molecule has 0 N–H and O–H groups in total. The summed E-state index contributed by atoms with van der Waals surface area (Å²) < 4.78 is 13.0. The van der Waals surface area contributed by atoms with Gasteiger partial charge in [-0.2, -0.15) is 0 Å². The van der Waals surface area contributed by atoms with Crippen LogP contribution in [0.25, 0.3) is 0 Å². The third-order valence-electron chi connectivity index (χ3n) is 5.35. The molecular formula is C23H31O2P. The lowest BCUT2D eigenvalue weighted by Crippen LogP contribution is -2.34. The largest absolute Gasteiger partial charge is 0.327 e. The molecule has 4 atom stereocenters. The number of rotatable bonds is 7. The summed E-state index contributed by atoms with van der Waals surface area (Å²) in [5.74, 6) is 2.01. The van der Waals surface area contributed by atoms with Gasteiger partial charge >= 0.3 is 0 Å². The van der Waals surface area contributed by atoms with Crippen LogP contribution in [-0.2, 0) is 15.7 Å². The van der Waals surface area contributed by atoms with Crippen molar-refractivity contribution in [1.29, 1.82) is 0 Å². The highest BCUT2D eigenvalue weighted by atomic mass is 31.2. The van der Waals surface area contributed by atoms with Gasteiger partial charge in [-0.05, 0) is 48.3 Å². The van der Waals surface area contributed by atoms with E-state index in [-0.39, 0.29) is 0 Å². The maximum atomic E-state index is 6.69. The maximum Gasteiger partial charge on any atom is 0.205 e. The van der Waals surface area contributed by atoms with Gasteiger partial charge in [0.2, 0.25) is 8.38 Å². The standard InChI is InChI=1S/C23H31O2P/c1-18(2)22-15-14-19(3)16-23(22)25-26(21-12-8-5-9-13-21)24-17-20-10-6-4-7-11-20/h4-13,18-19,22-23H,14-17H2,1-3H3. The Morgan fingerprint density at radius 3 is 2.27 bits per heavy atom. The molecule has 0 bridgehead atoms. The zero-order valence-electron chi connectivity index (χ0n) is 16.2. The third kappa shape index (κ3) is 5.39. The van der Waals surface area contributed by atoms with E-state index in [2.05, 4.69) is 69.3 Å². The van der Waals surface area contributed by atoms with Gasteiger partial charge in [-0.1, -0.05) is 75.7 Å². The van der Waals surface area contributed by atoms with Gasteiger partial charge in [0, 0.05) is 5.30 Å². The lowest BCUT2D eigenvalue weighted by Gasteiger charge is -2.38. The summed E-state index contributed by atoms with van der Waals surface area (Å²) in [6.45, 7) is 7.60. The van der Waals surface area contributed by atoms with Crippen molar-refractivity contribution in [2.45, 2.75) is 52.7 Å². The average molecular weight is 370 g/mol. The minimum atomic E-state index is -1.07. The SMILES string of the molecule is CC1CCC(C(C)C)C(OP(OCc2ccccc2)c2ccccc2)C1. The smallest absolute Gasteiger partial charge is 0.205 e. The molecule has 0 aromatic heterocycles. The first-order chi connectivity index (χ1) is 12.6. The van der Waals surface area contributed by atoms with E-state index >= 15 is 0 Å². The van der Waals surface area contributed by atoms with Crippen LogP contribution in [0.3, 0.4) is 0 Å². The van der Waals surface area contributed by atoms with Gasteiger partial charge in [-0.3, -0.25) is 0 Å². The fourth-order valence-electron chi connectivity index (χ4n) is 3.78. The molecule has 3 heteroatoms. The molecule has 0 amide bonds. The molecule has 0 radical (unpaired) electrons. The monoisotopic (exact) mass is 370 g/mol. The second-order valence-corrected chi connectivity index (χ2v) is 9.32. The Kier molecular flexibility index (Phi) is 7.25. The van der Waals surface area contributed by atoms with E-state index in [1.54, 1.807) is 0 Å². The Labute approximate surface area is 159 Å². The van der Waals surface area contributed by atoms with Crippen LogP contribution in [0.1, 0.15) is 45.6 Å². The van der Waals surface area contributed by atoms with E-state index < -0.39 is 8.38 Å². The van der Waals surface area contributed by atoms with Crippen LogP contribution < -0.4 is 5.30 Å². The highest BCUT2D eigenvalue weighted by molar-refractivity contribution is 7.56. The Hall–Kier alpha value is -1.21. The first-order valence-corrected chi connectivity index (χ1v) is 11.0. The highest BCUT2D eigenvalue weighted by Crippen LogP contribution is 2.46. The van der Waals surface area contributed by atoms with Gasteiger partial charge in [-0.15, -0.1) is 0 Å². The average Bonchev–Trinajstić information content (AvgIpc) is 2.66. The predicted octanol–water partition coefficient (Wildman–Crippen LogP) is 6.32. The van der Waals surface area contributed by atoms with E-state index in [9.17, 15) is 0 Å². The zero-order valence-corrected chi connectivity index (χ0v) is 17.1. The fraction of sp³-hybridized carbons (Fsp3) is 0.478. The van der Waals surface area contributed by atoms with Crippen molar-refractivity contribution in [2.75, 3.05) is 0 Å². The second-order valence-electron chi connectivity index (χ2n) is 7.82. The Morgan fingerprint density at radius 1 is 0.962 bits per heavy atom. The summed E-state index contributed by atoms with van der Waals surface area (Å²) in [6, 6.07) is 20.8. The highest BCUT2D eigenvalue weighted by Gasteiger charge is 2.34. The molecule has 140 valence electrons. The van der Waals surface area contributed by atoms with Crippen molar-refractivity contribution in [3.63, 3.8) is 0 Å². The minimum absolute atomic E-state index is 0.292. The topological polar surface area (TPSA) is 18.5 Å². The normalized spacial score (nSPS) is 24.5. The van der Waals surface area contributed by atoms with Crippen molar-refractivity contribution in [2.24, 2.45) is 17.8 Å². The molecule has 0 saturated heterocycles. The molecule has 1 aliphatic rings. The fourth-order valence-corrected chi connectivity index (χ4v) is 5.28. The first kappa shape index (κ1) is 19.5. The van der Waals surface area contributed by atoms with E-state index in [1.807, 2.05) is 12.1 Å². The van der Waals surface area contributed by atoms with Crippen molar-refractivity contribution in [3.05, 3.63) is 66.2 Å². The Bertz CT molecular complexity index is 644. The van der Waals surface area contributed by atoms with E-state index in [4.69, 9.17) is 9.05 Å². The molecule has 1 fully saturated rings. The van der Waals surface area contributed by atoms with Gasteiger partial charge in [0.05, 0.1) is 12.7 Å². The van der Waals surface area contributed by atoms with Gasteiger partial charge in [0.1, 0.15) is 0 Å². The van der Waals surface area contributed by atoms with Crippen molar-refractivity contribution >= 4 is 13.7 Å². The molecular weight excluding hydrogens is 339 g/mol. The van der Waals surface area contributed by atoms with Gasteiger partial charge in [0.25, 0.3) is 0 Å². The summed E-state index contributed by atoms with van der Waals surface area (Å²) in [4.78, 5) is 0. The van der Waals surface area contributed by atoms with Crippen LogP contribution in [0.15, 0.2) is 60.7 Å². The Morgan fingerprint density at radius 2 is 1.62 bits per heavy atom. The van der Waals surface area contributed by atoms with Gasteiger partial charge in [0.15, 0.2) is 0 Å². The summed E-state index contributed by atoms with van der Waals surface area (Å²) in [5.41, 5.74) is 1.19. The molecule has 0 heterocycles. The minimum Gasteiger partial charge on any atom is -0.327 e. The molecule has 0 aliphatic heterocycles. The van der Waals surface area contributed by atoms with Crippen molar-refractivity contribution in [3.8, 4) is 0 Å². The van der Waals surface area contributed by atoms with E-state index in [0.29, 0.717) is 24.5 Å². The van der Waals surface area contributed by atoms with Crippen LogP contribution in [0.5, 0.6) is 0 Å². The summed E-state index contributed by atoms with van der Waals surface area (Å²) >= 11 is 0. The van der Waals surface area contributed by atoms with E-state index in [1.165, 1.54) is 23.7 Å². The van der Waals surface area contributed by atoms with E-state index in [0.717, 1.165) is 12.3 Å². The first-order valence-electron chi connectivity index (χ1n) is 9.82. The predicted molar refractivity (Wildman–Crippen MR) is 110 cm³/mol. The molecule has 3 rings (SSSR count). The summed E-state index contributed by atoms with van der Waals surface area (Å²) in [7, 11) is -1.07. The molecule has 2 nitrogen and oxygen atoms in total. The summed E-state index contributed by atoms with van der Waals surface area (Å²) in [5, 5.41) is 1.17. The van der Waals surface area contributed by atoms with Crippen LogP contribution in [0.4, 0.5) is 0 Å². The van der Waals surface area contributed by atoms with Gasteiger partial charge < -0.3 is 9.05 Å². The van der Waals surface area contributed by atoms with Crippen LogP contribution in [-0.4, -0.2) is 6.10 Å². The molecule has 26 heavy (non-hydrogen) atoms. The second kappa shape index (κ2) is 9.65. The molecule has 1 aliphatic carbocycles. The third-order valence-corrected chi connectivity index (χ3v) is 6.90. The van der Waals surface area contributed by atoms with Crippen molar-refractivity contribution in [1.82, 2.24) is 0 Å². The number of hydrogen-bond donors (Lipinski definition) is 0. The maximum absolute atomic E-state index is 6.69. The quantitative estimate of drug-likeness (QED) is 0.531. The lowest BCUT2D eigenvalue weighted by molar-refractivity contribution is 0.0439. The summed E-state index contributed by atoms with van der Waals surface area (Å²) in [6.07, 6.45) is 4.01.